The highest BCUT2D eigenvalue weighted by Gasteiger charge is 2.21. The minimum Gasteiger partial charge on any atom is -0.456 e. The molecule has 15 rings (SSSR count). The SMILES string of the molecule is c1ccc(-c2nc(-c3ccccc3)nc(-c3cccc4oc5ccc(-c6ccc7c(c6)c6cc(-c8ccc9c(c8)c8ccccc8n9-c8ccc9ccccc9c8)ccc6n7-c6ccccc6)cc5c34)n2)cc1. The van der Waals surface area contributed by atoms with E-state index in [0.717, 1.165) is 77.7 Å². The highest BCUT2D eigenvalue weighted by Crippen LogP contribution is 2.42. The number of fused-ring (bicyclic) bond motifs is 10. The van der Waals surface area contributed by atoms with Gasteiger partial charge in [0.25, 0.3) is 0 Å². The van der Waals surface area contributed by atoms with Crippen molar-refractivity contribution in [1.82, 2.24) is 24.1 Å². The zero-order valence-electron chi connectivity index (χ0n) is 39.3. The topological polar surface area (TPSA) is 61.7 Å². The fourth-order valence-corrected chi connectivity index (χ4v) is 11.1. The molecular formula is C67H41N5O. The molecule has 0 radical (unpaired) electrons. The Morgan fingerprint density at radius 3 is 1.41 bits per heavy atom. The summed E-state index contributed by atoms with van der Waals surface area (Å²) in [7, 11) is 0. The van der Waals surface area contributed by atoms with Crippen LogP contribution in [0.1, 0.15) is 0 Å². The van der Waals surface area contributed by atoms with Gasteiger partial charge in [0.05, 0.1) is 22.1 Å². The Labute approximate surface area is 419 Å². The maximum Gasteiger partial charge on any atom is 0.164 e. The van der Waals surface area contributed by atoms with E-state index in [2.05, 4.69) is 185 Å². The molecule has 0 bridgehead atoms. The summed E-state index contributed by atoms with van der Waals surface area (Å²) in [5, 5.41) is 9.25. The molecule has 6 heteroatoms. The van der Waals surface area contributed by atoms with E-state index in [9.17, 15) is 0 Å². The van der Waals surface area contributed by atoms with Gasteiger partial charge >= 0.3 is 0 Å². The minimum atomic E-state index is 0.590. The third kappa shape index (κ3) is 6.69. The van der Waals surface area contributed by atoms with Crippen molar-refractivity contribution in [3.05, 3.63) is 249 Å². The van der Waals surface area contributed by atoms with Crippen LogP contribution in [0.15, 0.2) is 253 Å². The van der Waals surface area contributed by atoms with Gasteiger partial charge in [0.1, 0.15) is 11.2 Å². The first-order valence-corrected chi connectivity index (χ1v) is 24.7. The number of aromatic nitrogens is 5. The standard InChI is InChI=1S/C67H41N5O/c1-4-16-43(17-5-1)65-68-66(44-18-6-2-7-19-44)70-67(69-65)53-24-14-26-63-64(53)57-41-49(31-36-62(57)73-63)48-30-35-61-56(40-48)55-39-47(29-34-60(55)71(61)50-21-8-3-9-22-50)46-28-33-59-54(38-46)52-23-12-13-25-58(52)72(59)51-32-27-42-15-10-11-20-45(42)37-51/h1-41H. The summed E-state index contributed by atoms with van der Waals surface area (Å²) in [6.45, 7) is 0. The Balaban J connectivity index is 0.883. The molecule has 4 aromatic heterocycles. The lowest BCUT2D eigenvalue weighted by Gasteiger charge is -2.10. The first-order chi connectivity index (χ1) is 36.2. The highest BCUT2D eigenvalue weighted by atomic mass is 16.3. The molecule has 0 unspecified atom stereocenters. The molecule has 0 saturated carbocycles. The van der Waals surface area contributed by atoms with Crippen molar-refractivity contribution in [1.29, 1.82) is 0 Å². The number of rotatable bonds is 7. The van der Waals surface area contributed by atoms with Crippen molar-refractivity contribution in [2.45, 2.75) is 0 Å². The monoisotopic (exact) mass is 931 g/mol. The van der Waals surface area contributed by atoms with Crippen molar-refractivity contribution < 1.29 is 4.42 Å². The van der Waals surface area contributed by atoms with Crippen LogP contribution in [0.25, 0.3) is 144 Å². The van der Waals surface area contributed by atoms with E-state index >= 15 is 0 Å². The van der Waals surface area contributed by atoms with Gasteiger partial charge in [-0.25, -0.2) is 15.0 Å². The first kappa shape index (κ1) is 40.9. The molecule has 11 aromatic carbocycles. The summed E-state index contributed by atoms with van der Waals surface area (Å²) in [4.78, 5) is 15.2. The van der Waals surface area contributed by atoms with E-state index in [4.69, 9.17) is 19.4 Å². The van der Waals surface area contributed by atoms with Gasteiger partial charge in [-0.3, -0.25) is 0 Å². The number of para-hydroxylation sites is 2. The average Bonchev–Trinajstić information content (AvgIpc) is 4.12. The maximum absolute atomic E-state index is 6.58. The van der Waals surface area contributed by atoms with Crippen LogP contribution < -0.4 is 0 Å². The van der Waals surface area contributed by atoms with E-state index in [1.54, 1.807) is 0 Å². The lowest BCUT2D eigenvalue weighted by molar-refractivity contribution is 0.669. The van der Waals surface area contributed by atoms with Crippen molar-refractivity contribution in [2.24, 2.45) is 0 Å². The minimum absolute atomic E-state index is 0.590. The molecule has 0 fully saturated rings. The predicted octanol–water partition coefficient (Wildman–Crippen LogP) is 17.5. The van der Waals surface area contributed by atoms with Gasteiger partial charge in [-0.15, -0.1) is 0 Å². The summed E-state index contributed by atoms with van der Waals surface area (Å²) in [5.41, 5.74) is 15.8. The Morgan fingerprint density at radius 1 is 0.274 bits per heavy atom. The van der Waals surface area contributed by atoms with Gasteiger partial charge < -0.3 is 13.6 Å². The molecule has 4 heterocycles. The van der Waals surface area contributed by atoms with Gasteiger partial charge in [0.2, 0.25) is 0 Å². The Morgan fingerprint density at radius 2 is 0.767 bits per heavy atom. The molecule has 0 aliphatic heterocycles. The van der Waals surface area contributed by atoms with Crippen LogP contribution in [0.4, 0.5) is 0 Å². The van der Waals surface area contributed by atoms with Crippen molar-refractivity contribution in [2.75, 3.05) is 0 Å². The molecule has 73 heavy (non-hydrogen) atoms. The summed E-state index contributed by atoms with van der Waals surface area (Å²) in [6, 6.07) is 88.4. The Hall–Kier alpha value is -9.91. The smallest absolute Gasteiger partial charge is 0.164 e. The van der Waals surface area contributed by atoms with Gasteiger partial charge in [-0.1, -0.05) is 164 Å². The fraction of sp³-hybridized carbons (Fsp3) is 0. The summed E-state index contributed by atoms with van der Waals surface area (Å²) >= 11 is 0. The fourth-order valence-electron chi connectivity index (χ4n) is 11.1. The predicted molar refractivity (Wildman–Crippen MR) is 300 cm³/mol. The maximum atomic E-state index is 6.58. The second-order valence-electron chi connectivity index (χ2n) is 18.8. The highest BCUT2D eigenvalue weighted by molar-refractivity contribution is 6.15. The third-order valence-electron chi connectivity index (χ3n) is 14.5. The molecule has 0 aliphatic carbocycles. The van der Waals surface area contributed by atoms with E-state index < -0.39 is 0 Å². The third-order valence-corrected chi connectivity index (χ3v) is 14.5. The van der Waals surface area contributed by atoms with Gasteiger partial charge in [-0.2, -0.15) is 0 Å². The normalized spacial score (nSPS) is 11.8. The molecule has 0 atom stereocenters. The molecule has 15 aromatic rings. The van der Waals surface area contributed by atoms with Gasteiger partial charge in [-0.05, 0) is 118 Å². The first-order valence-electron chi connectivity index (χ1n) is 24.7. The van der Waals surface area contributed by atoms with E-state index in [0.29, 0.717) is 17.5 Å². The van der Waals surface area contributed by atoms with Crippen molar-refractivity contribution in [3.8, 4) is 67.8 Å². The number of benzene rings is 11. The lowest BCUT2D eigenvalue weighted by atomic mass is 9.98. The zero-order chi connectivity index (χ0) is 48.0. The van der Waals surface area contributed by atoms with Crippen LogP contribution in [-0.4, -0.2) is 24.1 Å². The van der Waals surface area contributed by atoms with Crippen LogP contribution >= 0.6 is 0 Å². The quantitative estimate of drug-likeness (QED) is 0.160. The molecule has 0 N–H and O–H groups in total. The van der Waals surface area contributed by atoms with Crippen LogP contribution in [0.5, 0.6) is 0 Å². The number of hydrogen-bond acceptors (Lipinski definition) is 4. The molecule has 340 valence electrons. The van der Waals surface area contributed by atoms with Crippen molar-refractivity contribution >= 4 is 76.3 Å². The van der Waals surface area contributed by atoms with Crippen molar-refractivity contribution in [3.63, 3.8) is 0 Å². The molecule has 0 saturated heterocycles. The second-order valence-corrected chi connectivity index (χ2v) is 18.8. The second kappa shape index (κ2) is 16.3. The van der Waals surface area contributed by atoms with Gasteiger partial charge in [0.15, 0.2) is 17.5 Å². The van der Waals surface area contributed by atoms with Crippen LogP contribution in [0.3, 0.4) is 0 Å². The zero-order valence-corrected chi connectivity index (χ0v) is 39.3. The molecule has 6 nitrogen and oxygen atoms in total. The lowest BCUT2D eigenvalue weighted by Crippen LogP contribution is -2.00. The Bertz CT molecular complexity index is 4610. The number of nitrogens with zero attached hydrogens (tertiary/aromatic N) is 5. The summed E-state index contributed by atoms with van der Waals surface area (Å²) < 4.78 is 11.4. The molecule has 0 amide bonds. The largest absolute Gasteiger partial charge is 0.456 e. The van der Waals surface area contributed by atoms with E-state index in [1.807, 2.05) is 72.8 Å². The average molecular weight is 932 g/mol. The van der Waals surface area contributed by atoms with Crippen LogP contribution in [0.2, 0.25) is 0 Å². The van der Waals surface area contributed by atoms with Crippen LogP contribution in [0, 0.1) is 0 Å². The summed E-state index contributed by atoms with van der Waals surface area (Å²) in [6.07, 6.45) is 0. The number of furan rings is 1. The van der Waals surface area contributed by atoms with E-state index in [1.165, 1.54) is 48.9 Å². The van der Waals surface area contributed by atoms with Crippen LogP contribution in [-0.2, 0) is 0 Å². The summed E-state index contributed by atoms with van der Waals surface area (Å²) in [5.74, 6) is 1.82. The number of hydrogen-bond donors (Lipinski definition) is 0. The molecule has 0 aliphatic rings. The molecule has 0 spiro atoms. The molecular weight excluding hydrogens is 891 g/mol. The Kier molecular flexibility index (Phi) is 9.16. The van der Waals surface area contributed by atoms with Gasteiger partial charge in [0, 0.05) is 60.4 Å². The van der Waals surface area contributed by atoms with E-state index in [-0.39, 0.29) is 0 Å².